The zero-order valence-electron chi connectivity index (χ0n) is 13.4. The largest absolute Gasteiger partial charge is 0.478 e. The Hall–Kier alpha value is -2.51. The van der Waals surface area contributed by atoms with Crippen LogP contribution >= 0.6 is 0 Å². The molecule has 2 N–H and O–H groups in total. The molecule has 2 rings (SSSR count). The van der Waals surface area contributed by atoms with Gasteiger partial charge in [0.1, 0.15) is 5.82 Å². The van der Waals surface area contributed by atoms with Crippen molar-refractivity contribution >= 4 is 21.4 Å². The fourth-order valence-corrected chi connectivity index (χ4v) is 3.08. The molecule has 0 unspecified atom stereocenters. The lowest BCUT2D eigenvalue weighted by atomic mass is 9.91. The molecule has 0 saturated carbocycles. The number of aliphatic carboxylic acids is 1. The Kier molecular flexibility index (Phi) is 5.71. The van der Waals surface area contributed by atoms with E-state index in [-0.39, 0.29) is 23.5 Å². The van der Waals surface area contributed by atoms with E-state index < -0.39 is 21.6 Å². The van der Waals surface area contributed by atoms with E-state index in [9.17, 15) is 27.8 Å². The van der Waals surface area contributed by atoms with Crippen LogP contribution < -0.4 is 0 Å². The smallest absolute Gasteiger partial charge is 0.332 e. The summed E-state index contributed by atoms with van der Waals surface area (Å²) in [6, 6.07) is 11.0. The van der Waals surface area contributed by atoms with Crippen molar-refractivity contribution in [2.24, 2.45) is 0 Å². The van der Waals surface area contributed by atoms with Crippen molar-refractivity contribution in [2.45, 2.75) is 11.3 Å². The summed E-state index contributed by atoms with van der Waals surface area (Å²) in [7, 11) is -3.38. The Labute approximate surface area is 145 Å². The number of carboxylic acids is 1. The second-order valence-electron chi connectivity index (χ2n) is 5.44. The number of aliphatic hydroxyl groups is 1. The van der Waals surface area contributed by atoms with Gasteiger partial charge in [0, 0.05) is 24.9 Å². The lowest BCUT2D eigenvalue weighted by Gasteiger charge is -2.14. The number of hydrogen-bond acceptors (Lipinski definition) is 4. The molecule has 5 nitrogen and oxygen atoms in total. The second kappa shape index (κ2) is 7.58. The fourth-order valence-electron chi connectivity index (χ4n) is 2.45. The SMILES string of the molecule is CS(=O)(=O)c1ccc(/C(=C(\CCO)C(=O)O)c2ccc(F)cc2)cc1. The number of halogens is 1. The van der Waals surface area contributed by atoms with Crippen LogP contribution in [0.25, 0.3) is 5.57 Å². The maximum Gasteiger partial charge on any atom is 0.332 e. The van der Waals surface area contributed by atoms with E-state index >= 15 is 0 Å². The number of aliphatic hydroxyl groups excluding tert-OH is 1. The quantitative estimate of drug-likeness (QED) is 0.769. The maximum atomic E-state index is 13.2. The summed E-state index contributed by atoms with van der Waals surface area (Å²) in [5.74, 6) is -1.67. The highest BCUT2D eigenvalue weighted by molar-refractivity contribution is 7.90. The van der Waals surface area contributed by atoms with Gasteiger partial charge in [0.15, 0.2) is 9.84 Å². The van der Waals surface area contributed by atoms with Gasteiger partial charge in [-0.2, -0.15) is 0 Å². The summed E-state index contributed by atoms with van der Waals surface area (Å²) in [6.45, 7) is -0.367. The molecule has 7 heteroatoms. The number of carbonyl (C=O) groups is 1. The van der Waals surface area contributed by atoms with Gasteiger partial charge in [-0.15, -0.1) is 0 Å². The molecular weight excluding hydrogens is 347 g/mol. The number of carboxylic acid groups (broad SMARTS) is 1. The number of sulfone groups is 1. The molecule has 0 amide bonds. The third-order valence-electron chi connectivity index (χ3n) is 3.63. The molecule has 0 bridgehead atoms. The molecule has 0 heterocycles. The summed E-state index contributed by atoms with van der Waals surface area (Å²) in [5, 5.41) is 18.7. The van der Waals surface area contributed by atoms with Gasteiger partial charge in [-0.05, 0) is 41.0 Å². The zero-order chi connectivity index (χ0) is 18.6. The number of rotatable bonds is 6. The third kappa shape index (κ3) is 4.52. The van der Waals surface area contributed by atoms with Crippen LogP contribution in [0.15, 0.2) is 59.0 Å². The first-order valence-corrected chi connectivity index (χ1v) is 9.27. The zero-order valence-corrected chi connectivity index (χ0v) is 14.3. The monoisotopic (exact) mass is 364 g/mol. The molecule has 0 spiro atoms. The van der Waals surface area contributed by atoms with E-state index in [1.54, 1.807) is 0 Å². The lowest BCUT2D eigenvalue weighted by molar-refractivity contribution is -0.132. The molecule has 0 aromatic heterocycles. The van der Waals surface area contributed by atoms with Crippen molar-refractivity contribution in [3.8, 4) is 0 Å². The van der Waals surface area contributed by atoms with E-state index in [2.05, 4.69) is 0 Å². The molecule has 2 aromatic carbocycles. The molecular formula is C18H17FO5S. The van der Waals surface area contributed by atoms with Gasteiger partial charge in [0.25, 0.3) is 0 Å². The van der Waals surface area contributed by atoms with Crippen molar-refractivity contribution in [1.82, 2.24) is 0 Å². The Balaban J connectivity index is 2.68. The van der Waals surface area contributed by atoms with Gasteiger partial charge in [-0.1, -0.05) is 24.3 Å². The van der Waals surface area contributed by atoms with Gasteiger partial charge >= 0.3 is 5.97 Å². The molecule has 132 valence electrons. The van der Waals surface area contributed by atoms with E-state index in [0.29, 0.717) is 16.7 Å². The van der Waals surface area contributed by atoms with Crippen LogP contribution in [0.1, 0.15) is 17.5 Å². The maximum absolute atomic E-state index is 13.2. The van der Waals surface area contributed by atoms with Crippen LogP contribution in [0.3, 0.4) is 0 Å². The standard InChI is InChI=1S/C18H17FO5S/c1-25(23,24)15-8-4-13(5-9-15)17(16(10-11-20)18(21)22)12-2-6-14(19)7-3-12/h2-9,20H,10-11H2,1H3,(H,21,22)/b17-16+. The van der Waals surface area contributed by atoms with Crippen molar-refractivity contribution in [2.75, 3.05) is 12.9 Å². The van der Waals surface area contributed by atoms with E-state index in [4.69, 9.17) is 0 Å². The van der Waals surface area contributed by atoms with Crippen LogP contribution in [-0.2, 0) is 14.6 Å². The van der Waals surface area contributed by atoms with Crippen LogP contribution in [-0.4, -0.2) is 37.5 Å². The summed E-state index contributed by atoms with van der Waals surface area (Å²) in [4.78, 5) is 11.7. The van der Waals surface area contributed by atoms with Gasteiger partial charge in [-0.3, -0.25) is 0 Å². The average Bonchev–Trinajstić information content (AvgIpc) is 2.55. The Morgan fingerprint density at radius 3 is 1.88 bits per heavy atom. The molecule has 0 aliphatic rings. The second-order valence-corrected chi connectivity index (χ2v) is 7.45. The minimum Gasteiger partial charge on any atom is -0.478 e. The minimum absolute atomic E-state index is 0.0405. The molecule has 0 fully saturated rings. The van der Waals surface area contributed by atoms with E-state index in [1.807, 2.05) is 0 Å². The third-order valence-corrected chi connectivity index (χ3v) is 4.75. The Bertz CT molecular complexity index is 897. The predicted octanol–water partition coefficient (Wildman–Crippen LogP) is 2.50. The highest BCUT2D eigenvalue weighted by Gasteiger charge is 2.18. The normalized spacial score (nSPS) is 12.6. The molecule has 0 aliphatic heterocycles. The van der Waals surface area contributed by atoms with Crippen molar-refractivity contribution in [3.63, 3.8) is 0 Å². The highest BCUT2D eigenvalue weighted by atomic mass is 32.2. The highest BCUT2D eigenvalue weighted by Crippen LogP contribution is 2.29. The van der Waals surface area contributed by atoms with Crippen molar-refractivity contribution in [3.05, 3.63) is 71.0 Å². The number of benzene rings is 2. The first kappa shape index (κ1) is 18.8. The van der Waals surface area contributed by atoms with Crippen molar-refractivity contribution < 1.29 is 27.8 Å². The predicted molar refractivity (Wildman–Crippen MR) is 91.3 cm³/mol. The Morgan fingerprint density at radius 1 is 1.00 bits per heavy atom. The van der Waals surface area contributed by atoms with Gasteiger partial charge in [0.05, 0.1) is 4.90 Å². The van der Waals surface area contributed by atoms with Gasteiger partial charge in [-0.25, -0.2) is 17.6 Å². The average molecular weight is 364 g/mol. The summed E-state index contributed by atoms with van der Waals surface area (Å²) >= 11 is 0. The lowest BCUT2D eigenvalue weighted by Crippen LogP contribution is -2.08. The van der Waals surface area contributed by atoms with Crippen LogP contribution in [0.2, 0.25) is 0 Å². The summed E-state index contributed by atoms with van der Waals surface area (Å²) < 4.78 is 36.4. The molecule has 0 aliphatic carbocycles. The molecule has 0 radical (unpaired) electrons. The van der Waals surface area contributed by atoms with Crippen LogP contribution in [0, 0.1) is 5.82 Å². The van der Waals surface area contributed by atoms with Crippen LogP contribution in [0.5, 0.6) is 0 Å². The summed E-state index contributed by atoms with van der Waals surface area (Å²) in [6.07, 6.45) is 0.975. The minimum atomic E-state index is -3.38. The van der Waals surface area contributed by atoms with E-state index in [0.717, 1.165) is 6.26 Å². The van der Waals surface area contributed by atoms with Crippen LogP contribution in [0.4, 0.5) is 4.39 Å². The van der Waals surface area contributed by atoms with Crippen molar-refractivity contribution in [1.29, 1.82) is 0 Å². The fraction of sp³-hybridized carbons (Fsp3) is 0.167. The molecule has 0 saturated heterocycles. The number of hydrogen-bond donors (Lipinski definition) is 2. The van der Waals surface area contributed by atoms with E-state index in [1.165, 1.54) is 48.5 Å². The molecule has 2 aromatic rings. The van der Waals surface area contributed by atoms with Gasteiger partial charge < -0.3 is 10.2 Å². The molecule has 25 heavy (non-hydrogen) atoms. The first-order chi connectivity index (χ1) is 11.7. The summed E-state index contributed by atoms with van der Waals surface area (Å²) in [5.41, 5.74) is 1.19. The van der Waals surface area contributed by atoms with Gasteiger partial charge in [0.2, 0.25) is 0 Å². The molecule has 0 atom stereocenters. The topological polar surface area (TPSA) is 91.7 Å². The first-order valence-electron chi connectivity index (χ1n) is 7.37. The Morgan fingerprint density at radius 2 is 1.48 bits per heavy atom.